The van der Waals surface area contributed by atoms with E-state index in [9.17, 15) is 0 Å². The lowest BCUT2D eigenvalue weighted by Gasteiger charge is -2.33. The van der Waals surface area contributed by atoms with Gasteiger partial charge in [0.25, 0.3) is 0 Å². The highest BCUT2D eigenvalue weighted by atomic mass is 16.5. The van der Waals surface area contributed by atoms with E-state index in [1.807, 2.05) is 0 Å². The Morgan fingerprint density at radius 1 is 0.724 bits per heavy atom. The highest BCUT2D eigenvalue weighted by Gasteiger charge is 2.33. The zero-order chi connectivity index (χ0) is 19.9. The average molecular weight is 387 g/mol. The van der Waals surface area contributed by atoms with Gasteiger partial charge in [0.15, 0.2) is 0 Å². The Hall–Kier alpha value is -2.94. The van der Waals surface area contributed by atoms with Crippen molar-refractivity contribution in [1.82, 2.24) is 0 Å². The number of para-hydroxylation sites is 2. The summed E-state index contributed by atoms with van der Waals surface area (Å²) in [4.78, 5) is 4.98. The molecule has 29 heavy (non-hydrogen) atoms. The van der Waals surface area contributed by atoms with Crippen molar-refractivity contribution in [3.63, 3.8) is 0 Å². The first-order valence-corrected chi connectivity index (χ1v) is 10.7. The van der Waals surface area contributed by atoms with E-state index in [2.05, 4.69) is 102 Å². The SMILES string of the molecule is CCCCCOc1ccc(C2N(c3ccccc3)CCN2c2ccccc2)cc1. The first-order chi connectivity index (χ1) is 14.4. The van der Waals surface area contributed by atoms with Crippen molar-refractivity contribution in [2.75, 3.05) is 29.5 Å². The van der Waals surface area contributed by atoms with E-state index in [0.29, 0.717) is 0 Å². The maximum atomic E-state index is 5.92. The molecule has 1 aliphatic rings. The van der Waals surface area contributed by atoms with E-state index in [1.165, 1.54) is 29.8 Å². The highest BCUT2D eigenvalue weighted by Crippen LogP contribution is 2.38. The molecule has 0 amide bonds. The minimum Gasteiger partial charge on any atom is -0.494 e. The second-order valence-corrected chi connectivity index (χ2v) is 7.56. The zero-order valence-corrected chi connectivity index (χ0v) is 17.2. The summed E-state index contributed by atoms with van der Waals surface area (Å²) in [6, 6.07) is 30.1. The number of unbranched alkanes of at least 4 members (excludes halogenated alkanes) is 2. The van der Waals surface area contributed by atoms with Crippen LogP contribution >= 0.6 is 0 Å². The minimum atomic E-state index is 0.175. The zero-order valence-electron chi connectivity index (χ0n) is 17.2. The lowest BCUT2D eigenvalue weighted by atomic mass is 10.1. The third-order valence-electron chi connectivity index (χ3n) is 5.54. The predicted octanol–water partition coefficient (Wildman–Crippen LogP) is 6.28. The van der Waals surface area contributed by atoms with Gasteiger partial charge in [0.1, 0.15) is 11.9 Å². The van der Waals surface area contributed by atoms with Crippen LogP contribution in [0.3, 0.4) is 0 Å². The quantitative estimate of drug-likeness (QED) is 0.424. The van der Waals surface area contributed by atoms with Gasteiger partial charge in [-0.2, -0.15) is 0 Å². The van der Waals surface area contributed by atoms with Crippen LogP contribution < -0.4 is 14.5 Å². The van der Waals surface area contributed by atoms with Crippen molar-refractivity contribution in [2.24, 2.45) is 0 Å². The topological polar surface area (TPSA) is 15.7 Å². The van der Waals surface area contributed by atoms with Gasteiger partial charge in [-0.05, 0) is 48.4 Å². The molecule has 150 valence electrons. The van der Waals surface area contributed by atoms with Gasteiger partial charge < -0.3 is 14.5 Å². The molecule has 0 unspecified atom stereocenters. The Morgan fingerprint density at radius 2 is 1.28 bits per heavy atom. The molecule has 3 nitrogen and oxygen atoms in total. The number of rotatable bonds is 8. The normalized spacial score (nSPS) is 14.4. The molecule has 0 saturated carbocycles. The number of anilines is 2. The summed E-state index contributed by atoms with van der Waals surface area (Å²) in [6.07, 6.45) is 3.73. The second-order valence-electron chi connectivity index (χ2n) is 7.56. The van der Waals surface area contributed by atoms with Gasteiger partial charge in [0.05, 0.1) is 6.61 Å². The third-order valence-corrected chi connectivity index (χ3v) is 5.54. The van der Waals surface area contributed by atoms with Crippen molar-refractivity contribution in [1.29, 1.82) is 0 Å². The van der Waals surface area contributed by atoms with E-state index in [-0.39, 0.29) is 6.17 Å². The molecular formula is C26H30N2O. The van der Waals surface area contributed by atoms with Crippen LogP contribution in [0.5, 0.6) is 5.75 Å². The van der Waals surface area contributed by atoms with Gasteiger partial charge in [-0.25, -0.2) is 0 Å². The molecule has 3 heteroatoms. The van der Waals surface area contributed by atoms with Crippen molar-refractivity contribution in [2.45, 2.75) is 32.4 Å². The average Bonchev–Trinajstić information content (AvgIpc) is 3.24. The van der Waals surface area contributed by atoms with Crippen molar-refractivity contribution >= 4 is 11.4 Å². The van der Waals surface area contributed by atoms with Crippen molar-refractivity contribution < 1.29 is 4.74 Å². The van der Waals surface area contributed by atoms with Gasteiger partial charge >= 0.3 is 0 Å². The molecular weight excluding hydrogens is 356 g/mol. The standard InChI is InChI=1S/C26H30N2O/c1-2-3-10-21-29-25-17-15-22(16-18-25)26-27(23-11-6-4-7-12-23)19-20-28(26)24-13-8-5-9-14-24/h4-9,11-18,26H,2-3,10,19-21H2,1H3. The predicted molar refractivity (Wildman–Crippen MR) is 122 cm³/mol. The van der Waals surface area contributed by atoms with Crippen molar-refractivity contribution in [3.05, 3.63) is 90.5 Å². The largest absolute Gasteiger partial charge is 0.494 e. The molecule has 1 aliphatic heterocycles. The van der Waals surface area contributed by atoms with Gasteiger partial charge in [0.2, 0.25) is 0 Å². The smallest absolute Gasteiger partial charge is 0.128 e. The maximum absolute atomic E-state index is 5.92. The summed E-state index contributed by atoms with van der Waals surface area (Å²) < 4.78 is 5.92. The van der Waals surface area contributed by atoms with Crippen molar-refractivity contribution in [3.8, 4) is 5.75 Å². The summed E-state index contributed by atoms with van der Waals surface area (Å²) in [7, 11) is 0. The molecule has 0 radical (unpaired) electrons. The molecule has 1 heterocycles. The molecule has 0 spiro atoms. The Labute approximate surface area is 174 Å². The van der Waals surface area contributed by atoms with E-state index in [4.69, 9.17) is 4.74 Å². The van der Waals surface area contributed by atoms with Crippen LogP contribution in [0.15, 0.2) is 84.9 Å². The fourth-order valence-corrected chi connectivity index (χ4v) is 4.05. The fraction of sp³-hybridized carbons (Fsp3) is 0.308. The van der Waals surface area contributed by atoms with Crippen LogP contribution in [0.25, 0.3) is 0 Å². The molecule has 0 aromatic heterocycles. The third kappa shape index (κ3) is 4.56. The highest BCUT2D eigenvalue weighted by molar-refractivity contribution is 5.59. The lowest BCUT2D eigenvalue weighted by molar-refractivity contribution is 0.306. The molecule has 3 aromatic carbocycles. The second kappa shape index (κ2) is 9.51. The summed E-state index contributed by atoms with van der Waals surface area (Å²) in [5.74, 6) is 0.959. The monoisotopic (exact) mass is 386 g/mol. The fourth-order valence-electron chi connectivity index (χ4n) is 4.05. The van der Waals surface area contributed by atoms with Crippen LogP contribution in [0.4, 0.5) is 11.4 Å². The molecule has 0 N–H and O–H groups in total. The Balaban J connectivity index is 1.59. The van der Waals surface area contributed by atoms with Gasteiger partial charge in [-0.3, -0.25) is 0 Å². The first-order valence-electron chi connectivity index (χ1n) is 10.7. The van der Waals surface area contributed by atoms with Crippen LogP contribution in [-0.4, -0.2) is 19.7 Å². The number of hydrogen-bond donors (Lipinski definition) is 0. The molecule has 0 aliphatic carbocycles. The molecule has 1 fully saturated rings. The number of nitrogens with zero attached hydrogens (tertiary/aromatic N) is 2. The Morgan fingerprint density at radius 3 is 1.79 bits per heavy atom. The molecule has 0 atom stereocenters. The van der Waals surface area contributed by atoms with Gasteiger partial charge in [-0.15, -0.1) is 0 Å². The van der Waals surface area contributed by atoms with E-state index in [0.717, 1.165) is 31.9 Å². The lowest BCUT2D eigenvalue weighted by Crippen LogP contribution is -2.30. The van der Waals surface area contributed by atoms with Crippen LogP contribution in [0.2, 0.25) is 0 Å². The first kappa shape index (κ1) is 19.4. The van der Waals surface area contributed by atoms with Crippen LogP contribution in [0.1, 0.15) is 37.9 Å². The van der Waals surface area contributed by atoms with Gasteiger partial charge in [0, 0.05) is 24.5 Å². The molecule has 3 aromatic rings. The summed E-state index contributed by atoms with van der Waals surface area (Å²) in [5.41, 5.74) is 3.81. The van der Waals surface area contributed by atoms with E-state index >= 15 is 0 Å². The Bertz CT molecular complexity index is 817. The van der Waals surface area contributed by atoms with E-state index in [1.54, 1.807) is 0 Å². The summed E-state index contributed by atoms with van der Waals surface area (Å²) >= 11 is 0. The number of ether oxygens (including phenoxy) is 1. The maximum Gasteiger partial charge on any atom is 0.128 e. The number of hydrogen-bond acceptors (Lipinski definition) is 3. The molecule has 4 rings (SSSR count). The van der Waals surface area contributed by atoms with E-state index < -0.39 is 0 Å². The Kier molecular flexibility index (Phi) is 6.35. The van der Waals surface area contributed by atoms with Crippen LogP contribution in [-0.2, 0) is 0 Å². The summed E-state index contributed by atoms with van der Waals surface area (Å²) in [5, 5.41) is 0. The molecule has 0 bridgehead atoms. The molecule has 1 saturated heterocycles. The summed E-state index contributed by atoms with van der Waals surface area (Å²) in [6.45, 7) is 5.01. The number of benzene rings is 3. The van der Waals surface area contributed by atoms with Crippen LogP contribution in [0, 0.1) is 0 Å². The van der Waals surface area contributed by atoms with Gasteiger partial charge in [-0.1, -0.05) is 68.3 Å². The minimum absolute atomic E-state index is 0.175.